The predicted octanol–water partition coefficient (Wildman–Crippen LogP) is 8.64. The molecule has 0 radical (unpaired) electrons. The third kappa shape index (κ3) is 12.9. The van der Waals surface area contributed by atoms with Gasteiger partial charge in [0.1, 0.15) is 0 Å². The molecule has 0 saturated heterocycles. The van der Waals surface area contributed by atoms with Gasteiger partial charge < -0.3 is 5.11 Å². The number of ketones is 1. The van der Waals surface area contributed by atoms with Crippen LogP contribution < -0.4 is 0 Å². The fraction of sp³-hybridized carbons (Fsp3) is 0.364. The molecule has 1 N–H and O–H groups in total. The van der Waals surface area contributed by atoms with Gasteiger partial charge in [-0.1, -0.05) is 121 Å². The predicted molar refractivity (Wildman–Crippen MR) is 153 cm³/mol. The van der Waals surface area contributed by atoms with Gasteiger partial charge in [0.2, 0.25) is 0 Å². The maximum Gasteiger partial charge on any atom is 0.152 e. The van der Waals surface area contributed by atoms with Crippen molar-refractivity contribution >= 4 is 5.78 Å². The molecule has 0 aromatic heterocycles. The Morgan fingerprint density at radius 3 is 1.69 bits per heavy atom. The lowest BCUT2D eigenvalue weighted by Gasteiger charge is -2.35. The molecule has 35 heavy (non-hydrogen) atoms. The second kappa shape index (κ2) is 15.1. The monoisotopic (exact) mass is 472 g/mol. The molecule has 1 aliphatic carbocycles. The molecule has 0 spiro atoms. The minimum Gasteiger partial charge on any atom is -0.393 e. The van der Waals surface area contributed by atoms with Gasteiger partial charge in [-0.3, -0.25) is 4.79 Å². The average Bonchev–Trinajstić information content (AvgIpc) is 2.74. The van der Waals surface area contributed by atoms with E-state index in [1.807, 2.05) is 43.4 Å². The van der Waals surface area contributed by atoms with E-state index in [9.17, 15) is 9.90 Å². The van der Waals surface area contributed by atoms with Crippen molar-refractivity contribution < 1.29 is 9.90 Å². The molecule has 1 rings (SSSR count). The first-order valence-electron chi connectivity index (χ1n) is 12.4. The van der Waals surface area contributed by atoms with Gasteiger partial charge >= 0.3 is 0 Å². The van der Waals surface area contributed by atoms with E-state index in [4.69, 9.17) is 0 Å². The van der Waals surface area contributed by atoms with Crippen molar-refractivity contribution in [2.45, 2.75) is 74.3 Å². The molecule has 188 valence electrons. The van der Waals surface area contributed by atoms with Gasteiger partial charge in [-0.05, 0) is 71.4 Å². The number of aliphatic hydroxyl groups excluding tert-OH is 1. The first-order chi connectivity index (χ1) is 16.4. The van der Waals surface area contributed by atoms with Gasteiger partial charge in [-0.25, -0.2) is 0 Å². The maximum atomic E-state index is 11.0. The lowest BCUT2D eigenvalue weighted by atomic mass is 9.71. The Hall–Kier alpha value is -2.97. The third-order valence-corrected chi connectivity index (χ3v) is 5.84. The molecule has 1 atom stereocenters. The molecular weight excluding hydrogens is 428 g/mol. The minimum atomic E-state index is -0.227. The zero-order valence-electron chi connectivity index (χ0n) is 22.9. The number of rotatable bonds is 10. The zero-order chi connectivity index (χ0) is 26.4. The van der Waals surface area contributed by atoms with Crippen LogP contribution in [-0.4, -0.2) is 17.0 Å². The van der Waals surface area contributed by atoms with E-state index in [0.717, 1.165) is 24.0 Å². The molecule has 0 amide bonds. The molecule has 0 saturated carbocycles. The first-order valence-corrected chi connectivity index (χ1v) is 12.4. The van der Waals surface area contributed by atoms with Gasteiger partial charge in [0, 0.05) is 0 Å². The standard InChI is InChI=1S/C33H44O2/c1-25(15-11-17-27(3)19-21-30(6)34)13-9-10-14-26(2)16-12-18-28(4)20-22-32-29(5)23-31(35)24-33(32,7)8/h9-22,31,35H,23-24H2,1-8H3/t31-/m1/s1. The summed E-state index contributed by atoms with van der Waals surface area (Å²) in [5.74, 6) is 0.0538. The normalized spacial score (nSPS) is 21.1. The first kappa shape index (κ1) is 30.1. The molecule has 0 aromatic carbocycles. The van der Waals surface area contributed by atoms with E-state index in [2.05, 4.69) is 84.1 Å². The smallest absolute Gasteiger partial charge is 0.152 e. The highest BCUT2D eigenvalue weighted by Crippen LogP contribution is 2.41. The quantitative estimate of drug-likeness (QED) is 0.255. The van der Waals surface area contributed by atoms with Crippen LogP contribution in [-0.2, 0) is 4.79 Å². The van der Waals surface area contributed by atoms with Crippen molar-refractivity contribution in [3.05, 3.63) is 119 Å². The number of hydrogen-bond donors (Lipinski definition) is 1. The summed E-state index contributed by atoms with van der Waals surface area (Å²) in [5.41, 5.74) is 7.18. The molecule has 0 unspecified atom stereocenters. The number of aliphatic hydroxyl groups is 1. The number of hydrogen-bond acceptors (Lipinski definition) is 2. The second-order valence-electron chi connectivity index (χ2n) is 10.2. The Bertz CT molecular complexity index is 1040. The van der Waals surface area contributed by atoms with Gasteiger partial charge in [0.25, 0.3) is 0 Å². The van der Waals surface area contributed by atoms with Crippen LogP contribution in [0.4, 0.5) is 0 Å². The molecule has 2 heteroatoms. The summed E-state index contributed by atoms with van der Waals surface area (Å²) in [7, 11) is 0. The van der Waals surface area contributed by atoms with Crippen molar-refractivity contribution in [3.63, 3.8) is 0 Å². The summed E-state index contributed by atoms with van der Waals surface area (Å²) >= 11 is 0. The van der Waals surface area contributed by atoms with E-state index in [1.54, 1.807) is 13.0 Å². The summed E-state index contributed by atoms with van der Waals surface area (Å²) in [4.78, 5) is 11.0. The van der Waals surface area contributed by atoms with E-state index >= 15 is 0 Å². The Morgan fingerprint density at radius 2 is 1.20 bits per heavy atom. The van der Waals surface area contributed by atoms with Crippen LogP contribution in [0.3, 0.4) is 0 Å². The Labute approximate surface area is 213 Å². The van der Waals surface area contributed by atoms with Crippen LogP contribution in [0, 0.1) is 5.41 Å². The van der Waals surface area contributed by atoms with Gasteiger partial charge in [-0.2, -0.15) is 0 Å². The summed E-state index contributed by atoms with van der Waals surface area (Å²) in [5, 5.41) is 10.1. The van der Waals surface area contributed by atoms with E-state index in [1.165, 1.54) is 22.3 Å². The SMILES string of the molecule is CC(=O)C=CC(C)=CC=CC(C)=CC=CC=C(C)C=CC=C(C)C=CC1=C(C)C[C@@H](O)CC1(C)C. The van der Waals surface area contributed by atoms with Crippen molar-refractivity contribution in [1.82, 2.24) is 0 Å². The fourth-order valence-corrected chi connectivity index (χ4v) is 3.98. The molecule has 0 fully saturated rings. The Balaban J connectivity index is 2.66. The maximum absolute atomic E-state index is 11.0. The fourth-order valence-electron chi connectivity index (χ4n) is 3.98. The molecule has 1 aliphatic rings. The van der Waals surface area contributed by atoms with Crippen LogP contribution in [0.1, 0.15) is 68.2 Å². The summed E-state index contributed by atoms with van der Waals surface area (Å²) in [6, 6.07) is 0. The van der Waals surface area contributed by atoms with E-state index in [0.29, 0.717) is 0 Å². The number of allylic oxidation sites excluding steroid dienone is 19. The Morgan fingerprint density at radius 1 is 0.743 bits per heavy atom. The van der Waals surface area contributed by atoms with Gasteiger partial charge in [0.15, 0.2) is 5.78 Å². The summed E-state index contributed by atoms with van der Waals surface area (Å²) in [6.07, 6.45) is 29.7. The molecule has 2 nitrogen and oxygen atoms in total. The molecule has 0 aliphatic heterocycles. The highest BCUT2D eigenvalue weighted by Gasteiger charge is 2.31. The van der Waals surface area contributed by atoms with Crippen molar-refractivity contribution in [2.24, 2.45) is 5.41 Å². The van der Waals surface area contributed by atoms with Crippen LogP contribution >= 0.6 is 0 Å². The summed E-state index contributed by atoms with van der Waals surface area (Å²) < 4.78 is 0. The average molecular weight is 473 g/mol. The highest BCUT2D eigenvalue weighted by atomic mass is 16.3. The van der Waals surface area contributed by atoms with Crippen LogP contribution in [0.25, 0.3) is 0 Å². The largest absolute Gasteiger partial charge is 0.393 e. The topological polar surface area (TPSA) is 37.3 Å². The van der Waals surface area contributed by atoms with Crippen molar-refractivity contribution in [2.75, 3.05) is 0 Å². The minimum absolute atomic E-state index is 0.00584. The molecule has 0 aromatic rings. The van der Waals surface area contributed by atoms with Gasteiger partial charge in [-0.15, -0.1) is 0 Å². The molecular formula is C33H44O2. The van der Waals surface area contributed by atoms with Crippen molar-refractivity contribution in [1.29, 1.82) is 0 Å². The van der Waals surface area contributed by atoms with E-state index < -0.39 is 0 Å². The lowest BCUT2D eigenvalue weighted by molar-refractivity contribution is -0.112. The van der Waals surface area contributed by atoms with Crippen LogP contribution in [0.2, 0.25) is 0 Å². The zero-order valence-corrected chi connectivity index (χ0v) is 22.9. The number of carbonyl (C=O) groups is 1. The van der Waals surface area contributed by atoms with Crippen molar-refractivity contribution in [3.8, 4) is 0 Å². The highest BCUT2D eigenvalue weighted by molar-refractivity contribution is 5.87. The van der Waals surface area contributed by atoms with Crippen LogP contribution in [0.15, 0.2) is 119 Å². The Kier molecular flexibility index (Phi) is 13.0. The van der Waals surface area contributed by atoms with Crippen LogP contribution in [0.5, 0.6) is 0 Å². The van der Waals surface area contributed by atoms with Gasteiger partial charge in [0.05, 0.1) is 6.10 Å². The second-order valence-corrected chi connectivity index (χ2v) is 10.2. The third-order valence-electron chi connectivity index (χ3n) is 5.84. The number of carbonyl (C=O) groups excluding carboxylic acids is 1. The molecule has 0 heterocycles. The lowest BCUT2D eigenvalue weighted by Crippen LogP contribution is -2.28. The molecule has 0 bridgehead atoms. The summed E-state index contributed by atoms with van der Waals surface area (Å²) in [6.45, 7) is 16.3. The van der Waals surface area contributed by atoms with E-state index in [-0.39, 0.29) is 17.3 Å².